The van der Waals surface area contributed by atoms with E-state index in [9.17, 15) is 8.42 Å². The van der Waals surface area contributed by atoms with Gasteiger partial charge in [0.15, 0.2) is 0 Å². The molecule has 3 N–H and O–H groups in total. The summed E-state index contributed by atoms with van der Waals surface area (Å²) in [5, 5.41) is 0. The molecule has 0 fully saturated rings. The number of aromatic nitrogens is 1. The summed E-state index contributed by atoms with van der Waals surface area (Å²) in [6, 6.07) is 5.12. The van der Waals surface area contributed by atoms with Gasteiger partial charge in [-0.2, -0.15) is 0 Å². The van der Waals surface area contributed by atoms with Crippen LogP contribution in [0.2, 0.25) is 0 Å². The first-order valence-corrected chi connectivity index (χ1v) is 8.30. The quantitative estimate of drug-likeness (QED) is 0.808. The largest absolute Gasteiger partial charge is 0.469 e. The minimum absolute atomic E-state index is 0.179. The molecule has 2 aromatic heterocycles. The minimum atomic E-state index is -3.52. The van der Waals surface area contributed by atoms with E-state index in [0.717, 1.165) is 11.5 Å². The van der Waals surface area contributed by atoms with Gasteiger partial charge < -0.3 is 14.7 Å². The zero-order valence-electron chi connectivity index (χ0n) is 12.2. The van der Waals surface area contributed by atoms with E-state index in [2.05, 4.69) is 4.72 Å². The van der Waals surface area contributed by atoms with E-state index in [-0.39, 0.29) is 10.9 Å². The molecule has 21 heavy (non-hydrogen) atoms. The fraction of sp³-hybridized carbons (Fsp3) is 0.429. The molecule has 0 aliphatic carbocycles. The summed E-state index contributed by atoms with van der Waals surface area (Å²) < 4.78 is 34.2. The van der Waals surface area contributed by atoms with Crippen LogP contribution < -0.4 is 10.5 Å². The van der Waals surface area contributed by atoms with Gasteiger partial charge in [-0.3, -0.25) is 0 Å². The number of hydrogen-bond donors (Lipinski definition) is 2. The lowest BCUT2D eigenvalue weighted by molar-refractivity contribution is 0.480. The highest BCUT2D eigenvalue weighted by atomic mass is 32.2. The third kappa shape index (κ3) is 3.96. The highest BCUT2D eigenvalue weighted by Crippen LogP contribution is 2.14. The first-order chi connectivity index (χ1) is 9.92. The summed E-state index contributed by atoms with van der Waals surface area (Å²) in [5.74, 6) is 0.853. The first kappa shape index (κ1) is 15.8. The highest BCUT2D eigenvalue weighted by molar-refractivity contribution is 7.89. The lowest BCUT2D eigenvalue weighted by Crippen LogP contribution is -2.32. The van der Waals surface area contributed by atoms with Crippen molar-refractivity contribution in [2.45, 2.75) is 37.2 Å². The summed E-state index contributed by atoms with van der Waals surface area (Å²) in [4.78, 5) is 0.246. The Bertz CT molecular complexity index is 674. The number of nitrogens with zero attached hydrogens (tertiary/aromatic N) is 1. The molecule has 0 bridgehead atoms. The van der Waals surface area contributed by atoms with E-state index in [1.807, 2.05) is 19.1 Å². The Kier molecular flexibility index (Phi) is 4.87. The topological polar surface area (TPSA) is 90.3 Å². The molecule has 1 atom stereocenters. The van der Waals surface area contributed by atoms with Crippen molar-refractivity contribution in [2.24, 2.45) is 12.8 Å². The van der Waals surface area contributed by atoms with Crippen LogP contribution >= 0.6 is 0 Å². The van der Waals surface area contributed by atoms with Gasteiger partial charge in [-0.15, -0.1) is 0 Å². The van der Waals surface area contributed by atoms with Crippen LogP contribution in [0.3, 0.4) is 0 Å². The van der Waals surface area contributed by atoms with E-state index in [1.54, 1.807) is 30.1 Å². The average Bonchev–Trinajstić information content (AvgIpc) is 3.05. The van der Waals surface area contributed by atoms with Crippen LogP contribution in [0.4, 0.5) is 0 Å². The predicted molar refractivity (Wildman–Crippen MR) is 80.1 cm³/mol. The summed E-state index contributed by atoms with van der Waals surface area (Å²) in [5.41, 5.74) is 6.34. The Hall–Kier alpha value is -1.57. The molecular formula is C14H21N3O3S. The molecule has 2 heterocycles. The van der Waals surface area contributed by atoms with E-state index < -0.39 is 10.0 Å². The van der Waals surface area contributed by atoms with Crippen molar-refractivity contribution in [1.29, 1.82) is 0 Å². The van der Waals surface area contributed by atoms with Gasteiger partial charge in [-0.05, 0) is 31.5 Å². The van der Waals surface area contributed by atoms with Crippen LogP contribution in [0, 0.1) is 0 Å². The van der Waals surface area contributed by atoms with Gasteiger partial charge in [0.2, 0.25) is 10.0 Å². The van der Waals surface area contributed by atoms with Crippen LogP contribution in [0.25, 0.3) is 0 Å². The highest BCUT2D eigenvalue weighted by Gasteiger charge is 2.19. The van der Waals surface area contributed by atoms with Gasteiger partial charge >= 0.3 is 0 Å². The van der Waals surface area contributed by atoms with Gasteiger partial charge in [0.25, 0.3) is 0 Å². The van der Waals surface area contributed by atoms with Crippen LogP contribution in [-0.2, 0) is 30.0 Å². The number of rotatable bonds is 7. The molecule has 0 spiro atoms. The monoisotopic (exact) mass is 311 g/mol. The maximum absolute atomic E-state index is 12.3. The fourth-order valence-electron chi connectivity index (χ4n) is 2.13. The van der Waals surface area contributed by atoms with Crippen LogP contribution in [0.1, 0.15) is 24.8 Å². The fourth-order valence-corrected chi connectivity index (χ4v) is 3.50. The third-order valence-electron chi connectivity index (χ3n) is 3.36. The summed E-state index contributed by atoms with van der Waals surface area (Å²) in [7, 11) is -1.74. The Morgan fingerprint density at radius 1 is 1.48 bits per heavy atom. The average molecular weight is 311 g/mol. The maximum atomic E-state index is 12.3. The number of nitrogens with one attached hydrogen (secondary N) is 1. The van der Waals surface area contributed by atoms with Gasteiger partial charge in [0, 0.05) is 37.9 Å². The molecule has 0 amide bonds. The number of aryl methyl sites for hydroxylation is 2. The van der Waals surface area contributed by atoms with Crippen LogP contribution in [0.5, 0.6) is 0 Å². The summed E-state index contributed by atoms with van der Waals surface area (Å²) >= 11 is 0. The van der Waals surface area contributed by atoms with E-state index in [1.165, 1.54) is 0 Å². The van der Waals surface area contributed by atoms with Gasteiger partial charge in [0.1, 0.15) is 5.76 Å². The van der Waals surface area contributed by atoms with Gasteiger partial charge in [0.05, 0.1) is 11.2 Å². The Morgan fingerprint density at radius 2 is 2.24 bits per heavy atom. The van der Waals surface area contributed by atoms with Crippen molar-refractivity contribution in [3.05, 3.63) is 42.1 Å². The Morgan fingerprint density at radius 3 is 2.81 bits per heavy atom. The molecule has 0 aliphatic heterocycles. The normalized spacial score (nSPS) is 13.5. The van der Waals surface area contributed by atoms with Crippen LogP contribution in [0.15, 0.2) is 40.0 Å². The van der Waals surface area contributed by atoms with E-state index in [0.29, 0.717) is 19.4 Å². The summed E-state index contributed by atoms with van der Waals surface area (Å²) in [6.45, 7) is 2.15. The van der Waals surface area contributed by atoms with Crippen molar-refractivity contribution in [3.8, 4) is 0 Å². The molecule has 6 nitrogen and oxygen atoms in total. The molecule has 2 aromatic rings. The number of nitrogens with two attached hydrogens (primary N) is 1. The number of hydrogen-bond acceptors (Lipinski definition) is 4. The second-order valence-corrected chi connectivity index (χ2v) is 6.84. The van der Waals surface area contributed by atoms with Crippen molar-refractivity contribution >= 4 is 10.0 Å². The standard InChI is InChI=1S/C14H21N3O3S/c1-11(5-6-13-4-3-7-20-13)16-21(18,19)14-8-12(9-15)17(2)10-14/h3-4,7-8,10-11,16H,5-6,9,15H2,1-2H3. The molecule has 0 aromatic carbocycles. The first-order valence-electron chi connectivity index (χ1n) is 6.82. The summed E-state index contributed by atoms with van der Waals surface area (Å²) in [6.07, 6.45) is 4.55. The molecule has 2 rings (SSSR count). The maximum Gasteiger partial charge on any atom is 0.242 e. The van der Waals surface area contributed by atoms with Crippen molar-refractivity contribution in [1.82, 2.24) is 9.29 Å². The molecular weight excluding hydrogens is 290 g/mol. The minimum Gasteiger partial charge on any atom is -0.469 e. The second-order valence-electron chi connectivity index (χ2n) is 5.12. The van der Waals surface area contributed by atoms with Gasteiger partial charge in [-0.1, -0.05) is 0 Å². The van der Waals surface area contributed by atoms with Crippen molar-refractivity contribution < 1.29 is 12.8 Å². The SMILES string of the molecule is CC(CCc1ccco1)NS(=O)(=O)c1cc(CN)n(C)c1. The molecule has 0 aliphatic rings. The molecule has 1 unspecified atom stereocenters. The second kappa shape index (κ2) is 6.46. The molecule has 116 valence electrons. The molecule has 0 saturated heterocycles. The Labute approximate surface area is 125 Å². The van der Waals surface area contributed by atoms with Crippen LogP contribution in [-0.4, -0.2) is 19.0 Å². The molecule has 0 radical (unpaired) electrons. The smallest absolute Gasteiger partial charge is 0.242 e. The molecule has 7 heteroatoms. The predicted octanol–water partition coefficient (Wildman–Crippen LogP) is 1.38. The number of sulfonamides is 1. The lowest BCUT2D eigenvalue weighted by atomic mass is 10.2. The van der Waals surface area contributed by atoms with Crippen molar-refractivity contribution in [3.63, 3.8) is 0 Å². The van der Waals surface area contributed by atoms with E-state index in [4.69, 9.17) is 10.2 Å². The van der Waals surface area contributed by atoms with E-state index >= 15 is 0 Å². The lowest BCUT2D eigenvalue weighted by Gasteiger charge is -2.12. The van der Waals surface area contributed by atoms with Crippen molar-refractivity contribution in [2.75, 3.05) is 0 Å². The zero-order valence-corrected chi connectivity index (χ0v) is 13.1. The van der Waals surface area contributed by atoms with Gasteiger partial charge in [-0.25, -0.2) is 13.1 Å². The molecule has 0 saturated carbocycles. The number of furan rings is 1. The Balaban J connectivity index is 1.99. The zero-order chi connectivity index (χ0) is 15.5. The third-order valence-corrected chi connectivity index (χ3v) is 4.92.